The van der Waals surface area contributed by atoms with Crippen LogP contribution in [0, 0.1) is 5.41 Å². The van der Waals surface area contributed by atoms with E-state index < -0.39 is 41.8 Å². The zero-order valence-electron chi connectivity index (χ0n) is 21.3. The predicted molar refractivity (Wildman–Crippen MR) is 131 cm³/mol. The summed E-state index contributed by atoms with van der Waals surface area (Å²) in [5.41, 5.74) is 1.81. The topological polar surface area (TPSA) is 128 Å². The number of aryl methyl sites for hydroxylation is 1. The summed E-state index contributed by atoms with van der Waals surface area (Å²) in [5, 5.41) is 15.1. The highest BCUT2D eigenvalue weighted by molar-refractivity contribution is 5.94. The van der Waals surface area contributed by atoms with Gasteiger partial charge >= 0.3 is 6.09 Å². The molecule has 0 aromatic heterocycles. The minimum Gasteiger partial charge on any atom is -0.465 e. The Hall–Kier alpha value is -3.14. The molecule has 3 aliphatic rings. The lowest BCUT2D eigenvalue weighted by Gasteiger charge is -2.35. The third-order valence-corrected chi connectivity index (χ3v) is 7.81. The second kappa shape index (κ2) is 10.1. The number of likely N-dealkylation sites (N-methyl/N-ethyl adjacent to an activating group) is 1. The number of hydrogen-bond acceptors (Lipinski definition) is 5. The molecule has 3 N–H and O–H groups in total. The van der Waals surface area contributed by atoms with Gasteiger partial charge in [-0.3, -0.25) is 19.3 Å². The number of benzene rings is 1. The second-order valence-electron chi connectivity index (χ2n) is 10.7. The smallest absolute Gasteiger partial charge is 0.407 e. The number of carbonyl (C=O) groups is 4. The molecule has 0 spiro atoms. The molecule has 10 nitrogen and oxygen atoms in total. The maximum absolute atomic E-state index is 13.7. The Morgan fingerprint density at radius 3 is 2.61 bits per heavy atom. The molecular weight excluding hydrogens is 464 g/mol. The van der Waals surface area contributed by atoms with E-state index in [0.717, 1.165) is 29.7 Å². The summed E-state index contributed by atoms with van der Waals surface area (Å²) in [6, 6.07) is 5.34. The number of nitrogens with one attached hydrogen (secondary N) is 2. The van der Waals surface area contributed by atoms with E-state index in [1.54, 1.807) is 0 Å². The van der Waals surface area contributed by atoms with Gasteiger partial charge in [0.15, 0.2) is 0 Å². The average Bonchev–Trinajstić information content (AvgIpc) is 3.03. The van der Waals surface area contributed by atoms with Crippen LogP contribution in [-0.2, 0) is 25.5 Å². The maximum atomic E-state index is 13.7. The number of hydrogen-bond donors (Lipinski definition) is 3. The summed E-state index contributed by atoms with van der Waals surface area (Å²) in [6.45, 7) is 5.60. The van der Waals surface area contributed by atoms with E-state index in [1.807, 2.05) is 32.0 Å². The van der Waals surface area contributed by atoms with Crippen molar-refractivity contribution in [3.8, 4) is 0 Å². The van der Waals surface area contributed by atoms with Gasteiger partial charge in [-0.05, 0) is 49.1 Å². The van der Waals surface area contributed by atoms with Gasteiger partial charge in [-0.25, -0.2) is 4.79 Å². The van der Waals surface area contributed by atoms with Crippen molar-refractivity contribution in [2.45, 2.75) is 83.3 Å². The first-order valence-corrected chi connectivity index (χ1v) is 12.6. The van der Waals surface area contributed by atoms with Gasteiger partial charge in [0.1, 0.15) is 24.4 Å². The van der Waals surface area contributed by atoms with Crippen LogP contribution in [0.2, 0.25) is 0 Å². The van der Waals surface area contributed by atoms with Gasteiger partial charge < -0.3 is 25.4 Å². The van der Waals surface area contributed by atoms with E-state index in [0.29, 0.717) is 6.42 Å². The van der Waals surface area contributed by atoms with Crippen LogP contribution in [0.3, 0.4) is 0 Å². The molecule has 2 aliphatic heterocycles. The maximum Gasteiger partial charge on any atom is 0.407 e. The number of amides is 4. The van der Waals surface area contributed by atoms with Crippen molar-refractivity contribution in [3.05, 3.63) is 35.4 Å². The molecule has 5 atom stereocenters. The molecule has 196 valence electrons. The van der Waals surface area contributed by atoms with Crippen molar-refractivity contribution >= 4 is 23.8 Å². The van der Waals surface area contributed by atoms with Crippen LogP contribution in [0.25, 0.3) is 0 Å². The van der Waals surface area contributed by atoms with Gasteiger partial charge in [-0.1, -0.05) is 38.1 Å². The first-order valence-electron chi connectivity index (χ1n) is 12.6. The standard InChI is InChI=1S/C26H36N4O6/c1-15(29(4)25(34)35)22(31)28-19-12-13-36-20-14-26(2,3)21(30(20)24(19)33)23(32)27-18-11-7-9-16-8-5-6-10-17(16)18/h5-6,8,10,15,18-21H,7,9,11-14H2,1-4H3,(H,27,32)(H,28,31)(H,34,35)/t15-,18+,19-,20-,21+/m0/s1. The second-order valence-corrected chi connectivity index (χ2v) is 10.7. The lowest BCUT2D eigenvalue weighted by Crippen LogP contribution is -2.58. The number of ether oxygens (including phenoxy) is 1. The highest BCUT2D eigenvalue weighted by Gasteiger charge is 2.55. The Morgan fingerprint density at radius 1 is 1.17 bits per heavy atom. The lowest BCUT2D eigenvalue weighted by atomic mass is 9.82. The lowest BCUT2D eigenvalue weighted by molar-refractivity contribution is -0.150. The molecule has 1 aromatic rings. The molecule has 0 bridgehead atoms. The number of nitrogens with zero attached hydrogens (tertiary/aromatic N) is 2. The number of carbonyl (C=O) groups excluding carboxylic acids is 3. The summed E-state index contributed by atoms with van der Waals surface area (Å²) in [6.07, 6.45) is 1.72. The largest absolute Gasteiger partial charge is 0.465 e. The molecule has 0 radical (unpaired) electrons. The third-order valence-electron chi connectivity index (χ3n) is 7.81. The molecule has 2 heterocycles. The van der Waals surface area contributed by atoms with Crippen LogP contribution >= 0.6 is 0 Å². The fraction of sp³-hybridized carbons (Fsp3) is 0.615. The summed E-state index contributed by atoms with van der Waals surface area (Å²) in [7, 11) is 1.30. The molecule has 4 rings (SSSR count). The molecule has 1 aliphatic carbocycles. The minimum atomic E-state index is -1.24. The van der Waals surface area contributed by atoms with E-state index in [4.69, 9.17) is 4.74 Å². The Kier molecular flexibility index (Phi) is 7.26. The molecule has 4 amide bonds. The molecule has 2 saturated heterocycles. The van der Waals surface area contributed by atoms with Gasteiger partial charge in [0.25, 0.3) is 0 Å². The van der Waals surface area contributed by atoms with Crippen molar-refractivity contribution in [1.82, 2.24) is 20.4 Å². The zero-order chi connectivity index (χ0) is 26.2. The van der Waals surface area contributed by atoms with Crippen LogP contribution in [0.4, 0.5) is 4.79 Å². The fourth-order valence-electron chi connectivity index (χ4n) is 5.64. The van der Waals surface area contributed by atoms with Crippen molar-refractivity contribution in [3.63, 3.8) is 0 Å². The quantitative estimate of drug-likeness (QED) is 0.568. The van der Waals surface area contributed by atoms with Gasteiger partial charge in [-0.2, -0.15) is 0 Å². The molecule has 1 aromatic carbocycles. The van der Waals surface area contributed by atoms with Crippen LogP contribution in [-0.4, -0.2) is 76.7 Å². The molecule has 0 saturated carbocycles. The van der Waals surface area contributed by atoms with E-state index in [-0.39, 0.29) is 30.9 Å². The van der Waals surface area contributed by atoms with Crippen LogP contribution in [0.1, 0.15) is 63.6 Å². The first-order chi connectivity index (χ1) is 17.0. The van der Waals surface area contributed by atoms with Crippen molar-refractivity contribution in [2.75, 3.05) is 13.7 Å². The molecule has 0 unspecified atom stereocenters. The summed E-state index contributed by atoms with van der Waals surface area (Å²) in [4.78, 5) is 53.8. The van der Waals surface area contributed by atoms with Gasteiger partial charge in [0.05, 0.1) is 12.6 Å². The van der Waals surface area contributed by atoms with E-state index in [2.05, 4.69) is 16.7 Å². The summed E-state index contributed by atoms with van der Waals surface area (Å²) < 4.78 is 5.99. The van der Waals surface area contributed by atoms with Gasteiger partial charge in [0.2, 0.25) is 17.7 Å². The van der Waals surface area contributed by atoms with Crippen molar-refractivity contribution in [2.24, 2.45) is 5.41 Å². The number of carboxylic acid groups (broad SMARTS) is 1. The highest BCUT2D eigenvalue weighted by atomic mass is 16.5. The number of rotatable bonds is 5. The van der Waals surface area contributed by atoms with Gasteiger partial charge in [-0.15, -0.1) is 0 Å². The Labute approximate surface area is 211 Å². The third kappa shape index (κ3) is 4.91. The van der Waals surface area contributed by atoms with Gasteiger partial charge in [0, 0.05) is 13.5 Å². The molecule has 2 fully saturated rings. The Bertz CT molecular complexity index is 1040. The highest BCUT2D eigenvalue weighted by Crippen LogP contribution is 2.43. The van der Waals surface area contributed by atoms with Crippen LogP contribution in [0.15, 0.2) is 24.3 Å². The zero-order valence-corrected chi connectivity index (χ0v) is 21.3. The molecule has 10 heteroatoms. The predicted octanol–water partition coefficient (Wildman–Crippen LogP) is 2.04. The fourth-order valence-corrected chi connectivity index (χ4v) is 5.64. The Balaban J connectivity index is 1.54. The normalized spacial score (nSPS) is 27.8. The SMILES string of the molecule is C[C@@H](C(=O)N[C@H]1CCO[C@H]2CC(C)(C)[C@@H](C(=O)N[C@@H]3CCCc4ccccc43)N2C1=O)N(C)C(=O)O. The minimum absolute atomic E-state index is 0.122. The first kappa shape index (κ1) is 25.9. The Morgan fingerprint density at radius 2 is 1.89 bits per heavy atom. The molecular formula is C26H36N4O6. The monoisotopic (exact) mass is 500 g/mol. The molecule has 36 heavy (non-hydrogen) atoms. The van der Waals surface area contributed by atoms with E-state index >= 15 is 0 Å². The summed E-state index contributed by atoms with van der Waals surface area (Å²) >= 11 is 0. The van der Waals surface area contributed by atoms with Crippen LogP contribution in [0.5, 0.6) is 0 Å². The van der Waals surface area contributed by atoms with Crippen LogP contribution < -0.4 is 10.6 Å². The summed E-state index contributed by atoms with van der Waals surface area (Å²) in [5.74, 6) is -1.19. The van der Waals surface area contributed by atoms with Crippen molar-refractivity contribution < 1.29 is 29.0 Å². The van der Waals surface area contributed by atoms with Crippen molar-refractivity contribution in [1.29, 1.82) is 0 Å². The number of fused-ring (bicyclic) bond motifs is 2. The van der Waals surface area contributed by atoms with E-state index in [1.165, 1.54) is 24.4 Å². The average molecular weight is 501 g/mol. The van der Waals surface area contributed by atoms with E-state index in [9.17, 15) is 24.3 Å².